The number of carbonyl (C=O) groups is 1. The van der Waals surface area contributed by atoms with Crippen molar-refractivity contribution in [3.63, 3.8) is 0 Å². The minimum absolute atomic E-state index is 0.407. The molecule has 0 amide bonds. The van der Waals surface area contributed by atoms with E-state index in [1.807, 2.05) is 18.2 Å². The summed E-state index contributed by atoms with van der Waals surface area (Å²) in [6.45, 7) is 0. The summed E-state index contributed by atoms with van der Waals surface area (Å²) in [5.74, 6) is 0.203. The van der Waals surface area contributed by atoms with E-state index in [-0.39, 0.29) is 0 Å². The number of ether oxygens (including phenoxy) is 1. The van der Waals surface area contributed by atoms with Gasteiger partial charge in [0.1, 0.15) is 5.82 Å². The van der Waals surface area contributed by atoms with Crippen LogP contribution in [-0.2, 0) is 4.74 Å². The summed E-state index contributed by atoms with van der Waals surface area (Å²) in [5, 5.41) is 3.07. The molecule has 0 aliphatic heterocycles. The SMILES string of the molecule is COC(=O)c1ccc(Nc2ccccc2N)nc1. The molecule has 0 aliphatic rings. The summed E-state index contributed by atoms with van der Waals surface area (Å²) < 4.78 is 4.59. The molecule has 0 bridgehead atoms. The summed E-state index contributed by atoms with van der Waals surface area (Å²) in [5.41, 5.74) is 7.62. The second-order valence-corrected chi connectivity index (χ2v) is 3.64. The maximum Gasteiger partial charge on any atom is 0.339 e. The predicted octanol–water partition coefficient (Wildman–Crippen LogP) is 2.19. The van der Waals surface area contributed by atoms with Crippen molar-refractivity contribution in [2.45, 2.75) is 0 Å². The fourth-order valence-corrected chi connectivity index (χ4v) is 1.46. The molecule has 0 fully saturated rings. The second kappa shape index (κ2) is 5.18. The smallest absolute Gasteiger partial charge is 0.339 e. The highest BCUT2D eigenvalue weighted by molar-refractivity contribution is 5.89. The lowest BCUT2D eigenvalue weighted by Crippen LogP contribution is -2.03. The van der Waals surface area contributed by atoms with Crippen molar-refractivity contribution in [2.24, 2.45) is 0 Å². The van der Waals surface area contributed by atoms with Gasteiger partial charge in [-0.3, -0.25) is 0 Å². The molecule has 5 nitrogen and oxygen atoms in total. The van der Waals surface area contributed by atoms with Crippen LogP contribution in [0.2, 0.25) is 0 Å². The van der Waals surface area contributed by atoms with Gasteiger partial charge in [0.2, 0.25) is 0 Å². The lowest BCUT2D eigenvalue weighted by atomic mass is 10.2. The normalized spacial score (nSPS) is 9.83. The molecule has 0 unspecified atom stereocenters. The van der Waals surface area contributed by atoms with E-state index >= 15 is 0 Å². The maximum atomic E-state index is 11.2. The standard InChI is InChI=1S/C13H13N3O2/c1-18-13(17)9-6-7-12(15-8-9)16-11-5-3-2-4-10(11)14/h2-8H,14H2,1H3,(H,15,16). The molecule has 1 aromatic carbocycles. The first-order valence-corrected chi connectivity index (χ1v) is 5.36. The first-order valence-electron chi connectivity index (χ1n) is 5.36. The average Bonchev–Trinajstić information content (AvgIpc) is 2.41. The number of benzene rings is 1. The summed E-state index contributed by atoms with van der Waals surface area (Å²) in [4.78, 5) is 15.4. The Morgan fingerprint density at radius 2 is 2.06 bits per heavy atom. The Kier molecular flexibility index (Phi) is 3.43. The zero-order valence-electron chi connectivity index (χ0n) is 9.88. The van der Waals surface area contributed by atoms with Gasteiger partial charge < -0.3 is 15.8 Å². The molecule has 0 atom stereocenters. The van der Waals surface area contributed by atoms with Gasteiger partial charge in [0.05, 0.1) is 24.0 Å². The first-order chi connectivity index (χ1) is 8.70. The van der Waals surface area contributed by atoms with Gasteiger partial charge in [-0.1, -0.05) is 12.1 Å². The van der Waals surface area contributed by atoms with Crippen LogP contribution in [-0.4, -0.2) is 18.1 Å². The van der Waals surface area contributed by atoms with Crippen molar-refractivity contribution in [1.82, 2.24) is 4.98 Å². The minimum Gasteiger partial charge on any atom is -0.465 e. The van der Waals surface area contributed by atoms with Gasteiger partial charge in [-0.05, 0) is 24.3 Å². The third kappa shape index (κ3) is 2.57. The van der Waals surface area contributed by atoms with Gasteiger partial charge in [0, 0.05) is 6.20 Å². The number of pyridine rings is 1. The molecule has 18 heavy (non-hydrogen) atoms. The van der Waals surface area contributed by atoms with Crippen LogP contribution in [0.3, 0.4) is 0 Å². The van der Waals surface area contributed by atoms with Crippen molar-refractivity contribution in [3.8, 4) is 0 Å². The summed E-state index contributed by atoms with van der Waals surface area (Å²) in [7, 11) is 1.33. The second-order valence-electron chi connectivity index (χ2n) is 3.64. The largest absolute Gasteiger partial charge is 0.465 e. The minimum atomic E-state index is -0.409. The van der Waals surface area contributed by atoms with Gasteiger partial charge in [-0.2, -0.15) is 0 Å². The summed E-state index contributed by atoms with van der Waals surface area (Å²) in [6, 6.07) is 10.7. The van der Waals surface area contributed by atoms with E-state index in [0.717, 1.165) is 5.69 Å². The number of hydrogen-bond acceptors (Lipinski definition) is 5. The molecule has 5 heteroatoms. The Morgan fingerprint density at radius 3 is 2.67 bits per heavy atom. The van der Waals surface area contributed by atoms with Crippen molar-refractivity contribution >= 4 is 23.2 Å². The molecular formula is C13H13N3O2. The van der Waals surface area contributed by atoms with Gasteiger partial charge in [-0.15, -0.1) is 0 Å². The molecule has 92 valence electrons. The molecule has 1 aromatic heterocycles. The number of rotatable bonds is 3. The van der Waals surface area contributed by atoms with Crippen molar-refractivity contribution < 1.29 is 9.53 Å². The number of para-hydroxylation sites is 2. The van der Waals surface area contributed by atoms with Crippen LogP contribution in [0.4, 0.5) is 17.2 Å². The number of aromatic nitrogens is 1. The molecule has 0 spiro atoms. The van der Waals surface area contributed by atoms with E-state index in [0.29, 0.717) is 17.1 Å². The van der Waals surface area contributed by atoms with Gasteiger partial charge in [-0.25, -0.2) is 9.78 Å². The number of nitrogen functional groups attached to an aromatic ring is 1. The van der Waals surface area contributed by atoms with E-state index in [9.17, 15) is 4.79 Å². The fourth-order valence-electron chi connectivity index (χ4n) is 1.46. The summed E-state index contributed by atoms with van der Waals surface area (Å²) >= 11 is 0. The fraction of sp³-hybridized carbons (Fsp3) is 0.0769. The van der Waals surface area contributed by atoms with Crippen LogP contribution in [0, 0.1) is 0 Å². The monoisotopic (exact) mass is 243 g/mol. The van der Waals surface area contributed by atoms with E-state index in [2.05, 4.69) is 15.0 Å². The number of carbonyl (C=O) groups excluding carboxylic acids is 1. The van der Waals surface area contributed by atoms with E-state index < -0.39 is 5.97 Å². The Bertz CT molecular complexity index is 552. The predicted molar refractivity (Wildman–Crippen MR) is 69.7 cm³/mol. The number of methoxy groups -OCH3 is 1. The van der Waals surface area contributed by atoms with Crippen LogP contribution < -0.4 is 11.1 Å². The molecule has 0 radical (unpaired) electrons. The molecule has 0 saturated heterocycles. The molecule has 2 aromatic rings. The highest BCUT2D eigenvalue weighted by Crippen LogP contribution is 2.21. The number of anilines is 3. The van der Waals surface area contributed by atoms with Crippen LogP contribution in [0.1, 0.15) is 10.4 Å². The van der Waals surface area contributed by atoms with Crippen molar-refractivity contribution in [3.05, 3.63) is 48.2 Å². The Morgan fingerprint density at radius 1 is 1.28 bits per heavy atom. The van der Waals surface area contributed by atoms with Gasteiger partial charge in [0.25, 0.3) is 0 Å². The lowest BCUT2D eigenvalue weighted by Gasteiger charge is -2.08. The molecule has 1 heterocycles. The van der Waals surface area contributed by atoms with Gasteiger partial charge >= 0.3 is 5.97 Å². The summed E-state index contributed by atoms with van der Waals surface area (Å²) in [6.07, 6.45) is 1.45. The highest BCUT2D eigenvalue weighted by atomic mass is 16.5. The zero-order valence-corrected chi connectivity index (χ0v) is 9.88. The molecular weight excluding hydrogens is 230 g/mol. The van der Waals surface area contributed by atoms with Gasteiger partial charge in [0.15, 0.2) is 0 Å². The van der Waals surface area contributed by atoms with Crippen molar-refractivity contribution in [1.29, 1.82) is 0 Å². The maximum absolute atomic E-state index is 11.2. The molecule has 0 aliphatic carbocycles. The van der Waals surface area contributed by atoms with Crippen LogP contribution in [0.25, 0.3) is 0 Å². The van der Waals surface area contributed by atoms with E-state index in [4.69, 9.17) is 5.73 Å². The Labute approximate surface area is 105 Å². The Hall–Kier alpha value is -2.56. The first kappa shape index (κ1) is 11.9. The lowest BCUT2D eigenvalue weighted by molar-refractivity contribution is 0.0600. The van der Waals surface area contributed by atoms with E-state index in [1.54, 1.807) is 18.2 Å². The average molecular weight is 243 g/mol. The zero-order chi connectivity index (χ0) is 13.0. The number of nitrogens with one attached hydrogen (secondary N) is 1. The highest BCUT2D eigenvalue weighted by Gasteiger charge is 2.05. The van der Waals surface area contributed by atoms with Crippen LogP contribution in [0.5, 0.6) is 0 Å². The number of nitrogens with zero attached hydrogens (tertiary/aromatic N) is 1. The third-order valence-electron chi connectivity index (χ3n) is 2.41. The Balaban J connectivity index is 2.16. The number of hydrogen-bond donors (Lipinski definition) is 2. The number of esters is 1. The third-order valence-corrected chi connectivity index (χ3v) is 2.41. The molecule has 3 N–H and O–H groups in total. The van der Waals surface area contributed by atoms with E-state index in [1.165, 1.54) is 13.3 Å². The molecule has 2 rings (SSSR count). The quantitative estimate of drug-likeness (QED) is 0.638. The van der Waals surface area contributed by atoms with Crippen molar-refractivity contribution in [2.75, 3.05) is 18.2 Å². The topological polar surface area (TPSA) is 77.2 Å². The number of nitrogens with two attached hydrogens (primary N) is 1. The molecule has 0 saturated carbocycles. The van der Waals surface area contributed by atoms with Crippen LogP contribution in [0.15, 0.2) is 42.6 Å². The van der Waals surface area contributed by atoms with Crippen LogP contribution >= 0.6 is 0 Å².